The highest BCUT2D eigenvalue weighted by Crippen LogP contribution is 2.27. The number of carbonyl (C=O) groups is 1. The van der Waals surface area contributed by atoms with Gasteiger partial charge in [0.2, 0.25) is 0 Å². The van der Waals surface area contributed by atoms with Crippen LogP contribution in [-0.4, -0.2) is 13.1 Å². The largest absolute Gasteiger partial charge is 0.469 e. The van der Waals surface area contributed by atoms with Gasteiger partial charge in [0.25, 0.3) is 0 Å². The van der Waals surface area contributed by atoms with Crippen LogP contribution >= 0.6 is 0 Å². The van der Waals surface area contributed by atoms with Gasteiger partial charge in [0, 0.05) is 11.3 Å². The first-order valence-corrected chi connectivity index (χ1v) is 7.59. The first-order valence-electron chi connectivity index (χ1n) is 7.59. The second-order valence-electron chi connectivity index (χ2n) is 5.33. The van der Waals surface area contributed by atoms with Crippen LogP contribution in [-0.2, 0) is 16.0 Å². The number of hydrogen-bond donors (Lipinski definition) is 0. The second-order valence-corrected chi connectivity index (χ2v) is 5.33. The van der Waals surface area contributed by atoms with E-state index in [1.54, 1.807) is 12.1 Å². The van der Waals surface area contributed by atoms with Gasteiger partial charge in [-0.3, -0.25) is 4.79 Å². The minimum atomic E-state index is -0.574. The highest BCUT2D eigenvalue weighted by Gasteiger charge is 2.13. The van der Waals surface area contributed by atoms with E-state index < -0.39 is 6.04 Å². The van der Waals surface area contributed by atoms with Crippen molar-refractivity contribution in [2.75, 3.05) is 7.11 Å². The Hall–Kier alpha value is -2.85. The Balaban J connectivity index is 2.11. The van der Waals surface area contributed by atoms with Gasteiger partial charge < -0.3 is 4.74 Å². The van der Waals surface area contributed by atoms with E-state index in [9.17, 15) is 9.18 Å². The molecule has 6 heteroatoms. The molecule has 0 radical (unpaired) electrons. The fraction of sp³-hybridized carbons (Fsp3) is 0.278. The molecule has 24 heavy (non-hydrogen) atoms. The summed E-state index contributed by atoms with van der Waals surface area (Å²) in [6.07, 6.45) is 1.83. The minimum Gasteiger partial charge on any atom is -0.469 e. The van der Waals surface area contributed by atoms with Crippen molar-refractivity contribution in [2.24, 2.45) is 5.11 Å². The van der Waals surface area contributed by atoms with Crippen molar-refractivity contribution in [3.05, 3.63) is 81.5 Å². The molecule has 0 aliphatic rings. The maximum absolute atomic E-state index is 13.4. The Morgan fingerprint density at radius 1 is 1.25 bits per heavy atom. The van der Waals surface area contributed by atoms with Crippen molar-refractivity contribution in [1.82, 2.24) is 0 Å². The van der Waals surface area contributed by atoms with E-state index >= 15 is 0 Å². The number of ether oxygens (including phenoxy) is 1. The van der Waals surface area contributed by atoms with Gasteiger partial charge in [0.05, 0.1) is 13.2 Å². The molecule has 0 fully saturated rings. The Morgan fingerprint density at radius 2 is 2.00 bits per heavy atom. The molecule has 0 aliphatic heterocycles. The minimum absolute atomic E-state index is 0.221. The van der Waals surface area contributed by atoms with Gasteiger partial charge in [-0.05, 0) is 47.2 Å². The number of azide groups is 1. The van der Waals surface area contributed by atoms with Gasteiger partial charge >= 0.3 is 5.97 Å². The van der Waals surface area contributed by atoms with Crippen molar-refractivity contribution < 1.29 is 13.9 Å². The third-order valence-electron chi connectivity index (χ3n) is 3.70. The molecule has 2 aromatic carbocycles. The van der Waals surface area contributed by atoms with Crippen LogP contribution in [0.2, 0.25) is 0 Å². The fourth-order valence-electron chi connectivity index (χ4n) is 2.46. The lowest BCUT2D eigenvalue weighted by molar-refractivity contribution is -0.140. The standard InChI is InChI=1S/C18H18FN3O2/c1-24-17(23)7-2-4-13-8-10-14(11-9-13)18(21-22-20)15-5-3-6-16(19)12-15/h3,5-6,8-12,18H,2,4,7H2,1H3. The van der Waals surface area contributed by atoms with Gasteiger partial charge in [-0.1, -0.05) is 41.5 Å². The highest BCUT2D eigenvalue weighted by molar-refractivity contribution is 5.69. The normalized spacial score (nSPS) is 11.4. The molecule has 0 aromatic heterocycles. The molecular weight excluding hydrogens is 309 g/mol. The first-order chi connectivity index (χ1) is 11.6. The molecule has 2 aromatic rings. The number of methoxy groups -OCH3 is 1. The van der Waals surface area contributed by atoms with E-state index in [2.05, 4.69) is 14.8 Å². The smallest absolute Gasteiger partial charge is 0.305 e. The van der Waals surface area contributed by atoms with Crippen molar-refractivity contribution in [3.8, 4) is 0 Å². The molecule has 0 spiro atoms. The van der Waals surface area contributed by atoms with Crippen LogP contribution < -0.4 is 0 Å². The third-order valence-corrected chi connectivity index (χ3v) is 3.70. The van der Waals surface area contributed by atoms with Crippen LogP contribution in [0.5, 0.6) is 0 Å². The van der Waals surface area contributed by atoms with Crippen molar-refractivity contribution >= 4 is 5.97 Å². The summed E-state index contributed by atoms with van der Waals surface area (Å²) >= 11 is 0. The summed E-state index contributed by atoms with van der Waals surface area (Å²) in [5, 5.41) is 3.78. The quantitative estimate of drug-likeness (QED) is 0.319. The number of rotatable bonds is 7. The van der Waals surface area contributed by atoms with Crippen LogP contribution in [0.15, 0.2) is 53.6 Å². The summed E-state index contributed by atoms with van der Waals surface area (Å²) in [7, 11) is 1.37. The molecule has 1 unspecified atom stereocenters. The Morgan fingerprint density at radius 3 is 2.62 bits per heavy atom. The first kappa shape index (κ1) is 17.5. The molecule has 124 valence electrons. The summed E-state index contributed by atoms with van der Waals surface area (Å²) in [6.45, 7) is 0. The van der Waals surface area contributed by atoms with E-state index in [4.69, 9.17) is 5.53 Å². The fourth-order valence-corrected chi connectivity index (χ4v) is 2.46. The maximum atomic E-state index is 13.4. The zero-order chi connectivity index (χ0) is 17.4. The number of benzene rings is 2. The molecule has 0 bridgehead atoms. The number of carbonyl (C=O) groups excluding carboxylic acids is 1. The summed E-state index contributed by atoms with van der Waals surface area (Å²) in [5.41, 5.74) is 11.3. The van der Waals surface area contributed by atoms with E-state index in [-0.39, 0.29) is 11.8 Å². The second kappa shape index (κ2) is 8.70. The average Bonchev–Trinajstić information content (AvgIpc) is 2.60. The zero-order valence-corrected chi connectivity index (χ0v) is 13.4. The van der Waals surface area contributed by atoms with Crippen LogP contribution in [0, 0.1) is 5.82 Å². The van der Waals surface area contributed by atoms with Gasteiger partial charge in [-0.2, -0.15) is 0 Å². The lowest BCUT2D eigenvalue weighted by atomic mass is 9.97. The summed E-state index contributed by atoms with van der Waals surface area (Å²) in [5.74, 6) is -0.591. The van der Waals surface area contributed by atoms with Crippen LogP contribution in [0.25, 0.3) is 10.4 Å². The van der Waals surface area contributed by atoms with Gasteiger partial charge in [0.15, 0.2) is 0 Å². The molecule has 0 heterocycles. The predicted molar refractivity (Wildman–Crippen MR) is 88.8 cm³/mol. The summed E-state index contributed by atoms with van der Waals surface area (Å²) in [4.78, 5) is 14.0. The predicted octanol–water partition coefficient (Wildman–Crippen LogP) is 4.72. The Bertz CT molecular complexity index is 740. The molecule has 0 amide bonds. The number of aryl methyl sites for hydroxylation is 1. The van der Waals surface area contributed by atoms with Crippen molar-refractivity contribution in [3.63, 3.8) is 0 Å². The molecule has 0 saturated carbocycles. The number of esters is 1. The van der Waals surface area contributed by atoms with Crippen molar-refractivity contribution in [1.29, 1.82) is 0 Å². The third kappa shape index (κ3) is 4.83. The zero-order valence-electron chi connectivity index (χ0n) is 13.4. The number of hydrogen-bond acceptors (Lipinski definition) is 3. The lowest BCUT2D eigenvalue weighted by Crippen LogP contribution is -2.01. The highest BCUT2D eigenvalue weighted by atomic mass is 19.1. The molecule has 1 atom stereocenters. The Labute approximate surface area is 139 Å². The number of nitrogens with zero attached hydrogens (tertiary/aromatic N) is 3. The SMILES string of the molecule is COC(=O)CCCc1ccc(C(N=[N+]=[N-])c2cccc(F)c2)cc1. The van der Waals surface area contributed by atoms with Crippen LogP contribution in [0.3, 0.4) is 0 Å². The summed E-state index contributed by atoms with van der Waals surface area (Å²) in [6, 6.07) is 13.0. The molecular formula is C18H18FN3O2. The summed E-state index contributed by atoms with van der Waals surface area (Å²) < 4.78 is 18.0. The van der Waals surface area contributed by atoms with Crippen molar-refractivity contribution in [2.45, 2.75) is 25.3 Å². The van der Waals surface area contributed by atoms with Gasteiger partial charge in [-0.25, -0.2) is 4.39 Å². The molecule has 5 nitrogen and oxygen atoms in total. The van der Waals surface area contributed by atoms with Gasteiger partial charge in [0.1, 0.15) is 5.82 Å². The van der Waals surface area contributed by atoms with E-state index in [1.807, 2.05) is 24.3 Å². The van der Waals surface area contributed by atoms with E-state index in [0.29, 0.717) is 18.4 Å². The number of halogens is 1. The molecule has 0 saturated heterocycles. The van der Waals surface area contributed by atoms with E-state index in [1.165, 1.54) is 19.2 Å². The monoisotopic (exact) mass is 327 g/mol. The van der Waals surface area contributed by atoms with Crippen LogP contribution in [0.1, 0.15) is 35.6 Å². The Kier molecular flexibility index (Phi) is 6.34. The molecule has 0 N–H and O–H groups in total. The lowest BCUT2D eigenvalue weighted by Gasteiger charge is -2.13. The van der Waals surface area contributed by atoms with Crippen LogP contribution in [0.4, 0.5) is 4.39 Å². The van der Waals surface area contributed by atoms with E-state index in [0.717, 1.165) is 17.5 Å². The maximum Gasteiger partial charge on any atom is 0.305 e. The topological polar surface area (TPSA) is 75.1 Å². The van der Waals surface area contributed by atoms with Gasteiger partial charge in [-0.15, -0.1) is 0 Å². The average molecular weight is 327 g/mol. The molecule has 0 aliphatic carbocycles. The molecule has 2 rings (SSSR count).